The van der Waals surface area contributed by atoms with Crippen LogP contribution in [0.2, 0.25) is 0 Å². The van der Waals surface area contributed by atoms with Gasteiger partial charge in [-0.2, -0.15) is 0 Å². The van der Waals surface area contributed by atoms with E-state index in [1.54, 1.807) is 12.3 Å². The van der Waals surface area contributed by atoms with Crippen molar-refractivity contribution in [3.05, 3.63) is 34.7 Å². The minimum Gasteiger partial charge on any atom is -0.465 e. The van der Waals surface area contributed by atoms with Gasteiger partial charge in [-0.1, -0.05) is 26.3 Å². The zero-order chi connectivity index (χ0) is 12.6. The Balaban J connectivity index is 2.42. The highest BCUT2D eigenvalue weighted by Gasteiger charge is 2.27. The van der Waals surface area contributed by atoms with Crippen molar-refractivity contribution in [2.75, 3.05) is 7.11 Å². The second-order valence-electron chi connectivity index (χ2n) is 5.31. The molecule has 1 heterocycles. The van der Waals surface area contributed by atoms with Gasteiger partial charge in [0.25, 0.3) is 0 Å². The summed E-state index contributed by atoms with van der Waals surface area (Å²) in [6, 6.07) is 1.73. The molecular formula is C14H17NO2. The second kappa shape index (κ2) is 3.99. The average molecular weight is 231 g/mol. The number of allylic oxidation sites excluding steroid dienone is 1. The van der Waals surface area contributed by atoms with Crippen LogP contribution in [-0.4, -0.2) is 18.1 Å². The molecule has 0 unspecified atom stereocenters. The third kappa shape index (κ3) is 2.09. The highest BCUT2D eigenvalue weighted by Crippen LogP contribution is 2.36. The topological polar surface area (TPSA) is 39.2 Å². The lowest BCUT2D eigenvalue weighted by molar-refractivity contribution is 0.0599. The van der Waals surface area contributed by atoms with Crippen molar-refractivity contribution in [3.63, 3.8) is 0 Å². The van der Waals surface area contributed by atoms with Crippen molar-refractivity contribution >= 4 is 12.0 Å². The Morgan fingerprint density at radius 2 is 2.12 bits per heavy atom. The molecule has 0 bridgehead atoms. The van der Waals surface area contributed by atoms with Gasteiger partial charge in [-0.05, 0) is 29.5 Å². The first kappa shape index (κ1) is 11.8. The first-order valence-corrected chi connectivity index (χ1v) is 5.70. The molecule has 0 amide bonds. The molecule has 1 aromatic rings. The largest absolute Gasteiger partial charge is 0.465 e. The van der Waals surface area contributed by atoms with Crippen molar-refractivity contribution in [2.24, 2.45) is 5.41 Å². The molecule has 90 valence electrons. The molecule has 3 heteroatoms. The molecule has 3 nitrogen and oxygen atoms in total. The van der Waals surface area contributed by atoms with Gasteiger partial charge in [0.05, 0.1) is 18.4 Å². The van der Waals surface area contributed by atoms with Crippen molar-refractivity contribution < 1.29 is 9.53 Å². The fourth-order valence-electron chi connectivity index (χ4n) is 2.01. The number of rotatable bonds is 1. The molecule has 1 aliphatic carbocycles. The lowest BCUT2D eigenvalue weighted by Crippen LogP contribution is -2.11. The minimum absolute atomic E-state index is 0.105. The van der Waals surface area contributed by atoms with E-state index in [0.29, 0.717) is 5.56 Å². The number of esters is 1. The summed E-state index contributed by atoms with van der Waals surface area (Å²) in [6.45, 7) is 6.51. The molecule has 0 saturated carbocycles. The first-order valence-electron chi connectivity index (χ1n) is 5.70. The van der Waals surface area contributed by atoms with Crippen LogP contribution in [0.1, 0.15) is 42.4 Å². The number of nitrogens with zero attached hydrogens (tertiary/aromatic N) is 1. The van der Waals surface area contributed by atoms with E-state index < -0.39 is 0 Å². The van der Waals surface area contributed by atoms with Crippen LogP contribution in [0.4, 0.5) is 0 Å². The molecule has 1 aliphatic rings. The Kier molecular flexibility index (Phi) is 2.77. The maximum absolute atomic E-state index is 11.7. The SMILES string of the molecule is COC(=O)c1ccnc2c1CC(C(C)(C)C)=C2. The number of hydrogen-bond donors (Lipinski definition) is 0. The Morgan fingerprint density at radius 1 is 1.41 bits per heavy atom. The highest BCUT2D eigenvalue weighted by molar-refractivity contribution is 5.92. The van der Waals surface area contributed by atoms with E-state index in [0.717, 1.165) is 17.7 Å². The number of pyridine rings is 1. The summed E-state index contributed by atoms with van der Waals surface area (Å²) in [5, 5.41) is 0. The number of hydrogen-bond acceptors (Lipinski definition) is 3. The van der Waals surface area contributed by atoms with Crippen LogP contribution in [0.15, 0.2) is 17.8 Å². The third-order valence-corrected chi connectivity index (χ3v) is 3.14. The summed E-state index contributed by atoms with van der Waals surface area (Å²) >= 11 is 0. The number of fused-ring (bicyclic) bond motifs is 1. The van der Waals surface area contributed by atoms with E-state index >= 15 is 0 Å². The van der Waals surface area contributed by atoms with Crippen LogP contribution in [0, 0.1) is 5.41 Å². The van der Waals surface area contributed by atoms with E-state index in [-0.39, 0.29) is 11.4 Å². The molecule has 0 aliphatic heterocycles. The van der Waals surface area contributed by atoms with Crippen LogP contribution in [0.3, 0.4) is 0 Å². The smallest absolute Gasteiger partial charge is 0.338 e. The van der Waals surface area contributed by atoms with Gasteiger partial charge in [-0.3, -0.25) is 4.98 Å². The van der Waals surface area contributed by atoms with E-state index in [9.17, 15) is 4.79 Å². The van der Waals surface area contributed by atoms with Gasteiger partial charge in [0.2, 0.25) is 0 Å². The van der Waals surface area contributed by atoms with Gasteiger partial charge in [-0.25, -0.2) is 4.79 Å². The Hall–Kier alpha value is -1.64. The molecule has 2 rings (SSSR count). The molecule has 0 radical (unpaired) electrons. The fraction of sp³-hybridized carbons (Fsp3) is 0.429. The summed E-state index contributed by atoms with van der Waals surface area (Å²) in [5.41, 5.74) is 3.93. The fourth-order valence-corrected chi connectivity index (χ4v) is 2.01. The maximum atomic E-state index is 11.7. The zero-order valence-corrected chi connectivity index (χ0v) is 10.7. The summed E-state index contributed by atoms with van der Waals surface area (Å²) < 4.78 is 4.79. The summed E-state index contributed by atoms with van der Waals surface area (Å²) in [5.74, 6) is -0.285. The number of carbonyl (C=O) groups is 1. The summed E-state index contributed by atoms with van der Waals surface area (Å²) in [7, 11) is 1.40. The average Bonchev–Trinajstić information content (AvgIpc) is 2.71. The summed E-state index contributed by atoms with van der Waals surface area (Å²) in [4.78, 5) is 16.0. The zero-order valence-electron chi connectivity index (χ0n) is 10.7. The maximum Gasteiger partial charge on any atom is 0.338 e. The van der Waals surface area contributed by atoms with Gasteiger partial charge in [0, 0.05) is 6.20 Å². The molecule has 0 fully saturated rings. The molecular weight excluding hydrogens is 214 g/mol. The lowest BCUT2D eigenvalue weighted by Gasteiger charge is -2.20. The molecule has 1 aromatic heterocycles. The lowest BCUT2D eigenvalue weighted by atomic mass is 9.85. The van der Waals surface area contributed by atoms with E-state index in [2.05, 4.69) is 31.8 Å². The third-order valence-electron chi connectivity index (χ3n) is 3.14. The van der Waals surface area contributed by atoms with E-state index in [1.165, 1.54) is 12.7 Å². The molecule has 0 saturated heterocycles. The van der Waals surface area contributed by atoms with Gasteiger partial charge in [-0.15, -0.1) is 0 Å². The monoisotopic (exact) mass is 231 g/mol. The highest BCUT2D eigenvalue weighted by atomic mass is 16.5. The van der Waals surface area contributed by atoms with Crippen molar-refractivity contribution in [1.82, 2.24) is 4.98 Å². The molecule has 0 aromatic carbocycles. The van der Waals surface area contributed by atoms with Crippen LogP contribution < -0.4 is 0 Å². The molecule has 0 atom stereocenters. The number of aromatic nitrogens is 1. The number of methoxy groups -OCH3 is 1. The predicted molar refractivity (Wildman–Crippen MR) is 66.7 cm³/mol. The molecule has 0 spiro atoms. The second-order valence-corrected chi connectivity index (χ2v) is 5.31. The summed E-state index contributed by atoms with van der Waals surface area (Å²) in [6.07, 6.45) is 4.53. The van der Waals surface area contributed by atoms with E-state index in [4.69, 9.17) is 4.74 Å². The Labute approximate surface area is 102 Å². The van der Waals surface area contributed by atoms with Gasteiger partial charge < -0.3 is 4.74 Å². The van der Waals surface area contributed by atoms with E-state index in [1.807, 2.05) is 0 Å². The van der Waals surface area contributed by atoms with Crippen molar-refractivity contribution in [1.29, 1.82) is 0 Å². The van der Waals surface area contributed by atoms with Crippen LogP contribution in [0.25, 0.3) is 6.08 Å². The standard InChI is InChI=1S/C14H17NO2/c1-14(2,3)9-7-11-10(13(16)17-4)5-6-15-12(11)8-9/h5-6,8H,7H2,1-4H3. The Bertz CT molecular complexity index is 495. The van der Waals surface area contributed by atoms with Gasteiger partial charge in [0.1, 0.15) is 0 Å². The number of carbonyl (C=O) groups excluding carboxylic acids is 1. The quantitative estimate of drug-likeness (QED) is 0.698. The van der Waals surface area contributed by atoms with Crippen LogP contribution >= 0.6 is 0 Å². The first-order chi connectivity index (χ1) is 7.93. The normalized spacial score (nSPS) is 14.2. The van der Waals surface area contributed by atoms with Crippen LogP contribution in [-0.2, 0) is 11.2 Å². The Morgan fingerprint density at radius 3 is 2.71 bits per heavy atom. The van der Waals surface area contributed by atoms with Crippen molar-refractivity contribution in [2.45, 2.75) is 27.2 Å². The van der Waals surface area contributed by atoms with Gasteiger partial charge >= 0.3 is 5.97 Å². The molecule has 0 N–H and O–H groups in total. The van der Waals surface area contributed by atoms with Crippen molar-refractivity contribution in [3.8, 4) is 0 Å². The minimum atomic E-state index is -0.285. The number of ether oxygens (including phenoxy) is 1. The van der Waals surface area contributed by atoms with Crippen LogP contribution in [0.5, 0.6) is 0 Å². The van der Waals surface area contributed by atoms with Gasteiger partial charge in [0.15, 0.2) is 0 Å². The molecule has 17 heavy (non-hydrogen) atoms. The predicted octanol–water partition coefficient (Wildman–Crippen LogP) is 2.85.